The van der Waals surface area contributed by atoms with Crippen LogP contribution in [0.5, 0.6) is 0 Å². The highest BCUT2D eigenvalue weighted by Crippen LogP contribution is 2.30. The third kappa shape index (κ3) is 4.16. The summed E-state index contributed by atoms with van der Waals surface area (Å²) in [5.74, 6) is -1.35. The second kappa shape index (κ2) is 7.61. The summed E-state index contributed by atoms with van der Waals surface area (Å²) in [6, 6.07) is 15.5. The minimum atomic E-state index is -0.913. The highest BCUT2D eigenvalue weighted by Gasteiger charge is 2.39. The molecular weight excluding hydrogens is 344 g/mol. The molecule has 140 valence electrons. The van der Waals surface area contributed by atoms with Crippen LogP contribution in [0.2, 0.25) is 0 Å². The van der Waals surface area contributed by atoms with Crippen LogP contribution in [-0.2, 0) is 4.79 Å². The first-order valence-electron chi connectivity index (χ1n) is 8.88. The van der Waals surface area contributed by atoms with Crippen molar-refractivity contribution in [3.05, 3.63) is 65.7 Å². The molecule has 0 aliphatic carbocycles. The number of nitrogens with zero attached hydrogens (tertiary/aromatic N) is 1. The zero-order chi connectivity index (χ0) is 19.4. The Kier molecular flexibility index (Phi) is 5.26. The van der Waals surface area contributed by atoms with Crippen molar-refractivity contribution in [1.82, 2.24) is 4.90 Å². The van der Waals surface area contributed by atoms with Crippen LogP contribution >= 0.6 is 0 Å². The Balaban J connectivity index is 1.68. The Hall–Kier alpha value is -3.15. The maximum absolute atomic E-state index is 12.7. The molecule has 0 aromatic heterocycles. The molecule has 2 aromatic carbocycles. The van der Waals surface area contributed by atoms with Crippen LogP contribution < -0.4 is 5.32 Å². The number of hydrogen-bond acceptors (Lipinski definition) is 3. The van der Waals surface area contributed by atoms with E-state index < -0.39 is 11.4 Å². The Morgan fingerprint density at radius 3 is 2.26 bits per heavy atom. The molecule has 1 heterocycles. The molecule has 0 radical (unpaired) electrons. The van der Waals surface area contributed by atoms with E-state index in [4.69, 9.17) is 0 Å². The number of likely N-dealkylation sites (tertiary alicyclic amines) is 1. The van der Waals surface area contributed by atoms with Gasteiger partial charge in [0, 0.05) is 29.9 Å². The quantitative estimate of drug-likeness (QED) is 0.869. The second-order valence-corrected chi connectivity index (χ2v) is 7.09. The van der Waals surface area contributed by atoms with E-state index in [0.717, 1.165) is 0 Å². The molecule has 2 aromatic rings. The van der Waals surface area contributed by atoms with Gasteiger partial charge >= 0.3 is 5.97 Å². The number of nitrogens with one attached hydrogen (secondary N) is 1. The Morgan fingerprint density at radius 1 is 1.00 bits per heavy atom. The van der Waals surface area contributed by atoms with E-state index in [1.165, 1.54) is 0 Å². The van der Waals surface area contributed by atoms with Crippen molar-refractivity contribution in [2.75, 3.05) is 18.4 Å². The molecule has 2 amide bonds. The van der Waals surface area contributed by atoms with Crippen molar-refractivity contribution in [2.45, 2.75) is 19.8 Å². The molecule has 0 spiro atoms. The van der Waals surface area contributed by atoms with Crippen molar-refractivity contribution in [2.24, 2.45) is 5.41 Å². The first kappa shape index (κ1) is 18.6. The van der Waals surface area contributed by atoms with Crippen molar-refractivity contribution in [3.8, 4) is 0 Å². The molecule has 0 saturated carbocycles. The van der Waals surface area contributed by atoms with Crippen molar-refractivity contribution < 1.29 is 19.5 Å². The van der Waals surface area contributed by atoms with Gasteiger partial charge in [0.1, 0.15) is 0 Å². The summed E-state index contributed by atoms with van der Waals surface area (Å²) in [6.45, 7) is 2.40. The molecule has 6 heteroatoms. The third-order valence-electron chi connectivity index (χ3n) is 4.93. The van der Waals surface area contributed by atoms with E-state index in [1.54, 1.807) is 48.2 Å². The summed E-state index contributed by atoms with van der Waals surface area (Å²) < 4.78 is 0. The Labute approximate surface area is 157 Å². The lowest BCUT2D eigenvalue weighted by atomic mass is 9.82. The minimum absolute atomic E-state index is 0.192. The molecule has 1 atom stereocenters. The Morgan fingerprint density at radius 2 is 1.63 bits per heavy atom. The monoisotopic (exact) mass is 366 g/mol. The molecule has 1 unspecified atom stereocenters. The first-order chi connectivity index (χ1) is 12.9. The molecule has 2 N–H and O–H groups in total. The van der Waals surface area contributed by atoms with Gasteiger partial charge in [0.15, 0.2) is 0 Å². The van der Waals surface area contributed by atoms with Crippen LogP contribution in [-0.4, -0.2) is 40.9 Å². The van der Waals surface area contributed by atoms with Crippen molar-refractivity contribution in [1.29, 1.82) is 0 Å². The summed E-state index contributed by atoms with van der Waals surface area (Å²) in [5, 5.41) is 12.2. The third-order valence-corrected chi connectivity index (χ3v) is 4.93. The average molecular weight is 366 g/mol. The number of carbonyl (C=O) groups excluding carboxylic acids is 2. The fourth-order valence-corrected chi connectivity index (χ4v) is 3.26. The highest BCUT2D eigenvalue weighted by molar-refractivity contribution is 6.05. The molecule has 1 fully saturated rings. The van der Waals surface area contributed by atoms with Crippen LogP contribution in [0.15, 0.2) is 54.6 Å². The number of amides is 2. The van der Waals surface area contributed by atoms with Gasteiger partial charge in [-0.05, 0) is 56.2 Å². The lowest BCUT2D eigenvalue weighted by Gasteiger charge is -2.37. The predicted octanol–water partition coefficient (Wildman–Crippen LogP) is 3.27. The fourth-order valence-electron chi connectivity index (χ4n) is 3.26. The van der Waals surface area contributed by atoms with Gasteiger partial charge in [-0.2, -0.15) is 0 Å². The second-order valence-electron chi connectivity index (χ2n) is 7.09. The lowest BCUT2D eigenvalue weighted by Crippen LogP contribution is -2.48. The van der Waals surface area contributed by atoms with E-state index in [-0.39, 0.29) is 18.4 Å². The number of piperidine rings is 1. The maximum Gasteiger partial charge on any atom is 0.311 e. The molecule has 1 saturated heterocycles. The SMILES string of the molecule is CC1(C(=O)O)CCCN(C(=O)c2ccc(C(=O)Nc3ccccc3)cc2)C1. The van der Waals surface area contributed by atoms with E-state index in [2.05, 4.69) is 5.32 Å². The standard InChI is InChI=1S/C21H22N2O4/c1-21(20(26)27)12-5-13-23(14-21)19(25)16-10-8-15(9-11-16)18(24)22-17-6-3-2-4-7-17/h2-4,6-11H,5,12-14H2,1H3,(H,22,24)(H,26,27). The molecule has 1 aliphatic rings. The van der Waals surface area contributed by atoms with Gasteiger partial charge in [0.05, 0.1) is 5.41 Å². The van der Waals surface area contributed by atoms with E-state index >= 15 is 0 Å². The van der Waals surface area contributed by atoms with Crippen LogP contribution in [0.1, 0.15) is 40.5 Å². The summed E-state index contributed by atoms with van der Waals surface area (Å²) in [6.07, 6.45) is 1.22. The first-order valence-corrected chi connectivity index (χ1v) is 8.88. The number of hydrogen-bond donors (Lipinski definition) is 2. The van der Waals surface area contributed by atoms with Gasteiger partial charge in [-0.1, -0.05) is 18.2 Å². The van der Waals surface area contributed by atoms with Crippen molar-refractivity contribution >= 4 is 23.5 Å². The number of anilines is 1. The largest absolute Gasteiger partial charge is 0.481 e. The number of carboxylic acids is 1. The Bertz CT molecular complexity index is 848. The maximum atomic E-state index is 12.7. The van der Waals surface area contributed by atoms with Gasteiger partial charge in [0.25, 0.3) is 11.8 Å². The van der Waals surface area contributed by atoms with Gasteiger partial charge in [-0.25, -0.2) is 0 Å². The van der Waals surface area contributed by atoms with Gasteiger partial charge in [-0.3, -0.25) is 14.4 Å². The van der Waals surface area contributed by atoms with E-state index in [9.17, 15) is 19.5 Å². The van der Waals surface area contributed by atoms with Crippen LogP contribution in [0.4, 0.5) is 5.69 Å². The number of para-hydroxylation sites is 1. The number of aliphatic carboxylic acids is 1. The zero-order valence-electron chi connectivity index (χ0n) is 15.1. The lowest BCUT2D eigenvalue weighted by molar-refractivity contribution is -0.150. The predicted molar refractivity (Wildman–Crippen MR) is 102 cm³/mol. The fraction of sp³-hybridized carbons (Fsp3) is 0.286. The summed E-state index contributed by atoms with van der Waals surface area (Å²) in [7, 11) is 0. The molecular formula is C21H22N2O4. The average Bonchev–Trinajstić information content (AvgIpc) is 2.68. The molecule has 27 heavy (non-hydrogen) atoms. The van der Waals surface area contributed by atoms with Crippen molar-refractivity contribution in [3.63, 3.8) is 0 Å². The smallest absolute Gasteiger partial charge is 0.311 e. The number of benzene rings is 2. The zero-order valence-corrected chi connectivity index (χ0v) is 15.1. The topological polar surface area (TPSA) is 86.7 Å². The van der Waals surface area contributed by atoms with E-state index in [0.29, 0.717) is 36.2 Å². The van der Waals surface area contributed by atoms with E-state index in [1.807, 2.05) is 18.2 Å². The summed E-state index contributed by atoms with van der Waals surface area (Å²) in [5.41, 5.74) is 0.679. The number of rotatable bonds is 4. The molecule has 0 bridgehead atoms. The van der Waals surface area contributed by atoms with Crippen LogP contribution in [0.25, 0.3) is 0 Å². The summed E-state index contributed by atoms with van der Waals surface area (Å²) >= 11 is 0. The minimum Gasteiger partial charge on any atom is -0.481 e. The van der Waals surface area contributed by atoms with Crippen LogP contribution in [0, 0.1) is 5.41 Å². The molecule has 6 nitrogen and oxygen atoms in total. The van der Waals surface area contributed by atoms with Crippen LogP contribution in [0.3, 0.4) is 0 Å². The van der Waals surface area contributed by atoms with Gasteiger partial charge in [-0.15, -0.1) is 0 Å². The molecule has 1 aliphatic heterocycles. The number of carboxylic acid groups (broad SMARTS) is 1. The molecule has 3 rings (SSSR count). The van der Waals surface area contributed by atoms with Gasteiger partial charge < -0.3 is 15.3 Å². The number of carbonyl (C=O) groups is 3. The highest BCUT2D eigenvalue weighted by atomic mass is 16.4. The normalized spacial score (nSPS) is 19.4. The van der Waals surface area contributed by atoms with Gasteiger partial charge in [0.2, 0.25) is 0 Å². The summed E-state index contributed by atoms with van der Waals surface area (Å²) in [4.78, 5) is 38.0.